The summed E-state index contributed by atoms with van der Waals surface area (Å²) in [7, 11) is 0. The molecule has 22 heavy (non-hydrogen) atoms. The second-order valence-electron chi connectivity index (χ2n) is 4.70. The standard InChI is InChI=1S/C15H13BrClN3OS/c1-2-20-8-10(16)11(19-20)7-18-15(21)14-13(17)9-5-3-4-6-12(9)22-14/h3-6,8H,2,7H2,1H3,(H,18,21). The molecule has 0 atom stereocenters. The van der Waals surface area contributed by atoms with Gasteiger partial charge in [-0.05, 0) is 28.9 Å². The first-order chi connectivity index (χ1) is 10.6. The Labute approximate surface area is 145 Å². The third-order valence-electron chi connectivity index (χ3n) is 3.27. The molecule has 0 bridgehead atoms. The van der Waals surface area contributed by atoms with Crippen LogP contribution in [0.1, 0.15) is 22.3 Å². The molecule has 0 aliphatic rings. The Bertz CT molecular complexity index is 843. The van der Waals surface area contributed by atoms with E-state index in [0.717, 1.165) is 26.8 Å². The number of nitrogens with one attached hydrogen (secondary N) is 1. The fourth-order valence-corrected chi connectivity index (χ4v) is 4.01. The van der Waals surface area contributed by atoms with Gasteiger partial charge in [0.15, 0.2) is 0 Å². The van der Waals surface area contributed by atoms with Gasteiger partial charge < -0.3 is 5.32 Å². The molecule has 7 heteroatoms. The molecule has 0 aliphatic heterocycles. The Kier molecular flexibility index (Phi) is 4.52. The summed E-state index contributed by atoms with van der Waals surface area (Å²) in [5.41, 5.74) is 0.799. The van der Waals surface area contributed by atoms with Gasteiger partial charge in [-0.15, -0.1) is 11.3 Å². The molecule has 0 fully saturated rings. The molecule has 2 heterocycles. The summed E-state index contributed by atoms with van der Waals surface area (Å²) < 4.78 is 3.71. The maximum Gasteiger partial charge on any atom is 0.263 e. The first-order valence-electron chi connectivity index (χ1n) is 6.77. The molecule has 1 N–H and O–H groups in total. The fraction of sp³-hybridized carbons (Fsp3) is 0.200. The fourth-order valence-electron chi connectivity index (χ4n) is 2.12. The summed E-state index contributed by atoms with van der Waals surface area (Å²) in [5.74, 6) is -0.177. The summed E-state index contributed by atoms with van der Waals surface area (Å²) in [6.07, 6.45) is 1.90. The largest absolute Gasteiger partial charge is 0.346 e. The molecular weight excluding hydrogens is 386 g/mol. The number of nitrogens with zero attached hydrogens (tertiary/aromatic N) is 2. The van der Waals surface area contributed by atoms with Crippen LogP contribution in [0.5, 0.6) is 0 Å². The van der Waals surface area contributed by atoms with E-state index < -0.39 is 0 Å². The Hall–Kier alpha value is -1.37. The van der Waals surface area contributed by atoms with Crippen molar-refractivity contribution in [2.45, 2.75) is 20.0 Å². The van der Waals surface area contributed by atoms with Crippen molar-refractivity contribution in [3.8, 4) is 0 Å². The minimum atomic E-state index is -0.177. The number of amides is 1. The molecule has 0 saturated carbocycles. The molecule has 2 aromatic heterocycles. The molecule has 3 rings (SSSR count). The summed E-state index contributed by atoms with van der Waals surface area (Å²) in [5, 5.41) is 8.68. The third-order valence-corrected chi connectivity index (χ3v) is 5.61. The van der Waals surface area contributed by atoms with Crippen LogP contribution in [0.25, 0.3) is 10.1 Å². The van der Waals surface area contributed by atoms with Crippen molar-refractivity contribution >= 4 is 54.9 Å². The van der Waals surface area contributed by atoms with Crippen LogP contribution < -0.4 is 5.32 Å². The number of aryl methyl sites for hydroxylation is 1. The normalized spacial score (nSPS) is 11.0. The van der Waals surface area contributed by atoms with Crippen molar-refractivity contribution < 1.29 is 4.79 Å². The lowest BCUT2D eigenvalue weighted by molar-refractivity contribution is 0.0954. The number of carbonyl (C=O) groups is 1. The predicted molar refractivity (Wildman–Crippen MR) is 93.6 cm³/mol. The van der Waals surface area contributed by atoms with Gasteiger partial charge in [0.1, 0.15) is 4.88 Å². The number of hydrogen-bond donors (Lipinski definition) is 1. The maximum absolute atomic E-state index is 12.4. The van der Waals surface area contributed by atoms with Crippen LogP contribution in [0.15, 0.2) is 34.9 Å². The molecule has 0 unspecified atom stereocenters. The van der Waals surface area contributed by atoms with E-state index in [2.05, 4.69) is 26.3 Å². The third kappa shape index (κ3) is 2.91. The van der Waals surface area contributed by atoms with E-state index in [4.69, 9.17) is 11.6 Å². The highest BCUT2D eigenvalue weighted by Crippen LogP contribution is 2.35. The Balaban J connectivity index is 1.78. The van der Waals surface area contributed by atoms with Crippen LogP contribution in [-0.4, -0.2) is 15.7 Å². The zero-order valence-corrected chi connectivity index (χ0v) is 14.9. The van der Waals surface area contributed by atoms with E-state index in [0.29, 0.717) is 16.4 Å². The monoisotopic (exact) mass is 397 g/mol. The van der Waals surface area contributed by atoms with Crippen LogP contribution in [0, 0.1) is 0 Å². The van der Waals surface area contributed by atoms with Crippen molar-refractivity contribution in [1.29, 1.82) is 0 Å². The molecule has 1 aromatic carbocycles. The Morgan fingerprint density at radius 1 is 1.45 bits per heavy atom. The Morgan fingerprint density at radius 3 is 2.91 bits per heavy atom. The predicted octanol–water partition coefficient (Wildman–Crippen LogP) is 4.46. The number of thiophene rings is 1. The SMILES string of the molecule is CCn1cc(Br)c(CNC(=O)c2sc3ccccc3c2Cl)n1. The quantitative estimate of drug-likeness (QED) is 0.705. The van der Waals surface area contributed by atoms with Crippen LogP contribution in [0.4, 0.5) is 0 Å². The first-order valence-corrected chi connectivity index (χ1v) is 8.76. The molecule has 1 amide bonds. The zero-order chi connectivity index (χ0) is 15.7. The molecule has 3 aromatic rings. The average Bonchev–Trinajstić information content (AvgIpc) is 3.06. The van der Waals surface area contributed by atoms with E-state index >= 15 is 0 Å². The summed E-state index contributed by atoms with van der Waals surface area (Å²) in [4.78, 5) is 12.9. The molecular formula is C15H13BrClN3OS. The number of rotatable bonds is 4. The number of halogens is 2. The molecule has 0 saturated heterocycles. The number of carbonyl (C=O) groups excluding carboxylic acids is 1. The van der Waals surface area contributed by atoms with Crippen LogP contribution in [-0.2, 0) is 13.1 Å². The number of aromatic nitrogens is 2. The van der Waals surface area contributed by atoms with E-state index in [1.54, 1.807) is 0 Å². The number of benzene rings is 1. The summed E-state index contributed by atoms with van der Waals surface area (Å²) in [6.45, 7) is 3.16. The molecule has 0 radical (unpaired) electrons. The number of hydrogen-bond acceptors (Lipinski definition) is 3. The molecule has 0 aliphatic carbocycles. The zero-order valence-electron chi connectivity index (χ0n) is 11.8. The average molecular weight is 399 g/mol. The molecule has 114 valence electrons. The number of fused-ring (bicyclic) bond motifs is 1. The topological polar surface area (TPSA) is 46.9 Å². The molecule has 4 nitrogen and oxygen atoms in total. The molecule has 0 spiro atoms. The highest BCUT2D eigenvalue weighted by molar-refractivity contribution is 9.10. The second kappa shape index (κ2) is 6.40. The minimum absolute atomic E-state index is 0.177. The van der Waals surface area contributed by atoms with Gasteiger partial charge in [-0.2, -0.15) is 5.10 Å². The van der Waals surface area contributed by atoms with Gasteiger partial charge in [-0.25, -0.2) is 0 Å². The van der Waals surface area contributed by atoms with Crippen molar-refractivity contribution in [3.63, 3.8) is 0 Å². The second-order valence-corrected chi connectivity index (χ2v) is 6.99. The van der Waals surface area contributed by atoms with Gasteiger partial charge in [0.25, 0.3) is 5.91 Å². The lowest BCUT2D eigenvalue weighted by atomic mass is 10.2. The smallest absolute Gasteiger partial charge is 0.263 e. The lowest BCUT2D eigenvalue weighted by Crippen LogP contribution is -2.22. The summed E-state index contributed by atoms with van der Waals surface area (Å²) in [6, 6.07) is 7.73. The van der Waals surface area contributed by atoms with Gasteiger partial charge in [0, 0.05) is 22.8 Å². The summed E-state index contributed by atoms with van der Waals surface area (Å²) >= 11 is 11.2. The Morgan fingerprint density at radius 2 is 2.23 bits per heavy atom. The van der Waals surface area contributed by atoms with E-state index in [9.17, 15) is 4.79 Å². The van der Waals surface area contributed by atoms with Crippen molar-refractivity contribution in [2.24, 2.45) is 0 Å². The minimum Gasteiger partial charge on any atom is -0.346 e. The van der Waals surface area contributed by atoms with Gasteiger partial charge >= 0.3 is 0 Å². The highest BCUT2D eigenvalue weighted by atomic mass is 79.9. The highest BCUT2D eigenvalue weighted by Gasteiger charge is 2.17. The van der Waals surface area contributed by atoms with Gasteiger partial charge in [-0.1, -0.05) is 29.8 Å². The lowest BCUT2D eigenvalue weighted by Gasteiger charge is -2.02. The van der Waals surface area contributed by atoms with Gasteiger partial charge in [0.2, 0.25) is 0 Å². The maximum atomic E-state index is 12.4. The first kappa shape index (κ1) is 15.5. The van der Waals surface area contributed by atoms with Crippen LogP contribution in [0.2, 0.25) is 5.02 Å². The van der Waals surface area contributed by atoms with Crippen LogP contribution >= 0.6 is 38.9 Å². The van der Waals surface area contributed by atoms with Crippen molar-refractivity contribution in [2.75, 3.05) is 0 Å². The van der Waals surface area contributed by atoms with Crippen molar-refractivity contribution in [1.82, 2.24) is 15.1 Å². The van der Waals surface area contributed by atoms with Crippen molar-refractivity contribution in [3.05, 3.63) is 50.5 Å². The van der Waals surface area contributed by atoms with Crippen LogP contribution in [0.3, 0.4) is 0 Å². The van der Waals surface area contributed by atoms with E-state index in [1.165, 1.54) is 11.3 Å². The van der Waals surface area contributed by atoms with Gasteiger partial charge in [0.05, 0.1) is 21.7 Å². The van der Waals surface area contributed by atoms with E-state index in [1.807, 2.05) is 42.1 Å². The van der Waals surface area contributed by atoms with E-state index in [-0.39, 0.29) is 5.91 Å². The van der Waals surface area contributed by atoms with Gasteiger partial charge in [-0.3, -0.25) is 9.48 Å².